The van der Waals surface area contributed by atoms with E-state index in [4.69, 9.17) is 10.5 Å². The van der Waals surface area contributed by atoms with Crippen LogP contribution in [0.3, 0.4) is 0 Å². The van der Waals surface area contributed by atoms with Crippen molar-refractivity contribution in [1.29, 1.82) is 0 Å². The predicted octanol–water partition coefficient (Wildman–Crippen LogP) is 1.53. The average molecular weight is 254 g/mol. The van der Waals surface area contributed by atoms with E-state index in [2.05, 4.69) is 11.8 Å². The van der Waals surface area contributed by atoms with E-state index >= 15 is 0 Å². The number of rotatable bonds is 6. The van der Waals surface area contributed by atoms with Gasteiger partial charge >= 0.3 is 5.97 Å². The smallest absolute Gasteiger partial charge is 0.325 e. The summed E-state index contributed by atoms with van der Waals surface area (Å²) in [6.45, 7) is 4.53. The molecule has 2 atom stereocenters. The number of carbonyl (C=O) groups excluding carboxylic acids is 1. The second kappa shape index (κ2) is 5.57. The Balaban J connectivity index is 1.93. The van der Waals surface area contributed by atoms with Crippen LogP contribution in [0.1, 0.15) is 45.4 Å². The molecule has 0 radical (unpaired) electrons. The number of ether oxygens (including phenoxy) is 1. The highest BCUT2D eigenvalue weighted by Gasteiger charge is 2.45. The van der Waals surface area contributed by atoms with Crippen LogP contribution in [0.25, 0.3) is 0 Å². The first-order chi connectivity index (χ1) is 8.59. The van der Waals surface area contributed by atoms with Crippen LogP contribution in [-0.2, 0) is 9.53 Å². The van der Waals surface area contributed by atoms with Crippen LogP contribution in [0.4, 0.5) is 0 Å². The molecule has 18 heavy (non-hydrogen) atoms. The van der Waals surface area contributed by atoms with Crippen molar-refractivity contribution in [3.8, 4) is 0 Å². The first-order valence-corrected chi connectivity index (χ1v) is 7.20. The summed E-state index contributed by atoms with van der Waals surface area (Å²) >= 11 is 0. The van der Waals surface area contributed by atoms with E-state index in [-0.39, 0.29) is 5.97 Å². The summed E-state index contributed by atoms with van der Waals surface area (Å²) in [6, 6.07) is 0.467. The highest BCUT2D eigenvalue weighted by atomic mass is 16.5. The summed E-state index contributed by atoms with van der Waals surface area (Å²) < 4.78 is 4.84. The maximum atomic E-state index is 11.7. The van der Waals surface area contributed by atoms with E-state index in [1.807, 2.05) is 0 Å². The lowest BCUT2D eigenvalue weighted by Crippen LogP contribution is -2.48. The molecule has 0 aromatic carbocycles. The molecule has 4 nitrogen and oxygen atoms in total. The van der Waals surface area contributed by atoms with Crippen molar-refractivity contribution in [1.82, 2.24) is 4.90 Å². The molecular formula is C14H26N2O2. The van der Waals surface area contributed by atoms with Gasteiger partial charge in [0.05, 0.1) is 7.11 Å². The number of nitrogens with two attached hydrogens (primary N) is 1. The van der Waals surface area contributed by atoms with Gasteiger partial charge in [-0.2, -0.15) is 0 Å². The number of nitrogens with zero attached hydrogens (tertiary/aromatic N) is 1. The van der Waals surface area contributed by atoms with Crippen molar-refractivity contribution < 1.29 is 9.53 Å². The topological polar surface area (TPSA) is 55.6 Å². The molecule has 0 bridgehead atoms. The first-order valence-electron chi connectivity index (χ1n) is 7.20. The van der Waals surface area contributed by atoms with E-state index in [0.717, 1.165) is 31.7 Å². The van der Waals surface area contributed by atoms with Crippen LogP contribution in [0.15, 0.2) is 0 Å². The average Bonchev–Trinajstić information content (AvgIpc) is 3.09. The van der Waals surface area contributed by atoms with Gasteiger partial charge in [-0.3, -0.25) is 4.79 Å². The van der Waals surface area contributed by atoms with Crippen LogP contribution >= 0.6 is 0 Å². The molecule has 4 heteroatoms. The Morgan fingerprint density at radius 1 is 1.44 bits per heavy atom. The standard InChI is InChI=1S/C14H26N2O2/c1-3-8-16(10-11-4-5-11)12-6-7-14(15,9-12)13(17)18-2/h11-12H,3-10,15H2,1-2H3. The van der Waals surface area contributed by atoms with Gasteiger partial charge in [-0.25, -0.2) is 0 Å². The fraction of sp³-hybridized carbons (Fsp3) is 0.929. The Labute approximate surface area is 110 Å². The highest BCUT2D eigenvalue weighted by molar-refractivity contribution is 5.81. The fourth-order valence-corrected chi connectivity index (χ4v) is 3.09. The lowest BCUT2D eigenvalue weighted by Gasteiger charge is -2.30. The van der Waals surface area contributed by atoms with Crippen molar-refractivity contribution in [3.05, 3.63) is 0 Å². The fourth-order valence-electron chi connectivity index (χ4n) is 3.09. The molecule has 2 aliphatic rings. The van der Waals surface area contributed by atoms with E-state index in [1.165, 1.54) is 32.9 Å². The molecule has 2 saturated carbocycles. The Bertz CT molecular complexity index is 304. The van der Waals surface area contributed by atoms with E-state index < -0.39 is 5.54 Å². The molecule has 0 saturated heterocycles. The normalized spacial score (nSPS) is 31.9. The molecule has 0 aliphatic heterocycles. The third kappa shape index (κ3) is 3.04. The zero-order valence-corrected chi connectivity index (χ0v) is 11.7. The van der Waals surface area contributed by atoms with Crippen LogP contribution in [0.2, 0.25) is 0 Å². The van der Waals surface area contributed by atoms with E-state index in [9.17, 15) is 4.79 Å². The van der Waals surface area contributed by atoms with Crippen LogP contribution in [-0.4, -0.2) is 42.6 Å². The second-order valence-corrected chi connectivity index (χ2v) is 5.98. The van der Waals surface area contributed by atoms with Crippen molar-refractivity contribution in [2.24, 2.45) is 11.7 Å². The summed E-state index contributed by atoms with van der Waals surface area (Å²) in [5.74, 6) is 0.648. The maximum Gasteiger partial charge on any atom is 0.325 e. The molecular weight excluding hydrogens is 228 g/mol. The van der Waals surface area contributed by atoms with E-state index in [0.29, 0.717) is 6.04 Å². The largest absolute Gasteiger partial charge is 0.468 e. The van der Waals surface area contributed by atoms with Gasteiger partial charge in [-0.15, -0.1) is 0 Å². The van der Waals surface area contributed by atoms with Crippen molar-refractivity contribution in [3.63, 3.8) is 0 Å². The van der Waals surface area contributed by atoms with Crippen LogP contribution in [0.5, 0.6) is 0 Å². The minimum Gasteiger partial charge on any atom is -0.468 e. The summed E-state index contributed by atoms with van der Waals surface area (Å²) in [4.78, 5) is 14.3. The Hall–Kier alpha value is -0.610. The summed E-state index contributed by atoms with van der Waals surface area (Å²) in [6.07, 6.45) is 6.45. The van der Waals surface area contributed by atoms with Gasteiger partial charge in [0.25, 0.3) is 0 Å². The molecule has 0 heterocycles. The predicted molar refractivity (Wildman–Crippen MR) is 71.2 cm³/mol. The SMILES string of the molecule is CCCN(CC1CC1)C1CCC(N)(C(=O)OC)C1. The summed E-state index contributed by atoms with van der Waals surface area (Å²) in [7, 11) is 1.43. The zero-order valence-electron chi connectivity index (χ0n) is 11.7. The minimum atomic E-state index is -0.741. The van der Waals surface area contributed by atoms with Gasteiger partial charge in [-0.05, 0) is 51.0 Å². The number of carbonyl (C=O) groups is 1. The number of esters is 1. The lowest BCUT2D eigenvalue weighted by atomic mass is 9.99. The van der Waals surface area contributed by atoms with Gasteiger partial charge in [0.1, 0.15) is 5.54 Å². The monoisotopic (exact) mass is 254 g/mol. The molecule has 2 rings (SSSR count). The summed E-state index contributed by atoms with van der Waals surface area (Å²) in [5.41, 5.74) is 5.44. The Morgan fingerprint density at radius 2 is 2.17 bits per heavy atom. The molecule has 2 unspecified atom stereocenters. The quantitative estimate of drug-likeness (QED) is 0.730. The molecule has 0 aromatic heterocycles. The second-order valence-electron chi connectivity index (χ2n) is 5.98. The zero-order chi connectivity index (χ0) is 13.2. The third-order valence-corrected chi connectivity index (χ3v) is 4.33. The van der Waals surface area contributed by atoms with Crippen LogP contribution < -0.4 is 5.73 Å². The molecule has 0 amide bonds. The highest BCUT2D eigenvalue weighted by Crippen LogP contribution is 2.36. The lowest BCUT2D eigenvalue weighted by molar-refractivity contribution is -0.147. The first kappa shape index (κ1) is 13.8. The van der Waals surface area contributed by atoms with Gasteiger partial charge in [0, 0.05) is 12.6 Å². The summed E-state index contributed by atoms with van der Waals surface area (Å²) in [5, 5.41) is 0. The number of hydrogen-bond donors (Lipinski definition) is 1. The van der Waals surface area contributed by atoms with E-state index in [1.54, 1.807) is 0 Å². The molecule has 104 valence electrons. The molecule has 2 N–H and O–H groups in total. The Kier molecular flexibility index (Phi) is 4.28. The third-order valence-electron chi connectivity index (χ3n) is 4.33. The van der Waals surface area contributed by atoms with Gasteiger partial charge in [0.2, 0.25) is 0 Å². The molecule has 2 aliphatic carbocycles. The maximum absolute atomic E-state index is 11.7. The number of hydrogen-bond acceptors (Lipinski definition) is 4. The van der Waals surface area contributed by atoms with Gasteiger partial charge in [-0.1, -0.05) is 6.92 Å². The molecule has 2 fully saturated rings. The van der Waals surface area contributed by atoms with Crippen LogP contribution in [0, 0.1) is 5.92 Å². The van der Waals surface area contributed by atoms with Gasteiger partial charge in [0.15, 0.2) is 0 Å². The number of methoxy groups -OCH3 is 1. The van der Waals surface area contributed by atoms with Gasteiger partial charge < -0.3 is 15.4 Å². The van der Waals surface area contributed by atoms with Crippen molar-refractivity contribution in [2.75, 3.05) is 20.2 Å². The molecule has 0 aromatic rings. The van der Waals surface area contributed by atoms with Crippen molar-refractivity contribution in [2.45, 2.75) is 57.0 Å². The minimum absolute atomic E-state index is 0.243. The Morgan fingerprint density at radius 3 is 2.72 bits per heavy atom. The molecule has 0 spiro atoms. The van der Waals surface area contributed by atoms with Crippen molar-refractivity contribution >= 4 is 5.97 Å².